The first-order valence-electron chi connectivity index (χ1n) is 5.55. The Labute approximate surface area is 94.9 Å². The van der Waals surface area contributed by atoms with Gasteiger partial charge in [-0.2, -0.15) is 0 Å². The molecule has 5 atom stereocenters. The summed E-state index contributed by atoms with van der Waals surface area (Å²) in [4.78, 5) is 0. The van der Waals surface area contributed by atoms with Crippen molar-refractivity contribution in [2.45, 2.75) is 50.4 Å². The SMILES string of the molecule is CCC(C)NC[C@@H]1O[C@](O)(CO)[C@@H](O)[C@@H]1O. The summed E-state index contributed by atoms with van der Waals surface area (Å²) >= 11 is 0. The van der Waals surface area contributed by atoms with Gasteiger partial charge in [-0.1, -0.05) is 6.92 Å². The van der Waals surface area contributed by atoms with Crippen molar-refractivity contribution < 1.29 is 25.2 Å². The van der Waals surface area contributed by atoms with Gasteiger partial charge >= 0.3 is 0 Å². The van der Waals surface area contributed by atoms with Crippen molar-refractivity contribution in [3.63, 3.8) is 0 Å². The highest BCUT2D eigenvalue weighted by Crippen LogP contribution is 2.28. The van der Waals surface area contributed by atoms with Crippen LogP contribution in [-0.4, -0.2) is 63.7 Å². The van der Waals surface area contributed by atoms with Crippen LogP contribution >= 0.6 is 0 Å². The van der Waals surface area contributed by atoms with E-state index in [1.54, 1.807) is 0 Å². The van der Waals surface area contributed by atoms with Crippen molar-refractivity contribution in [1.29, 1.82) is 0 Å². The molecule has 1 aliphatic rings. The molecule has 1 unspecified atom stereocenters. The maximum atomic E-state index is 9.62. The summed E-state index contributed by atoms with van der Waals surface area (Å²) in [6, 6.07) is 0.260. The number of nitrogens with one attached hydrogen (secondary N) is 1. The lowest BCUT2D eigenvalue weighted by atomic mass is 10.1. The number of hydrogen-bond donors (Lipinski definition) is 5. The molecule has 6 nitrogen and oxygen atoms in total. The second-order valence-corrected chi connectivity index (χ2v) is 4.31. The number of rotatable bonds is 5. The van der Waals surface area contributed by atoms with Crippen molar-refractivity contribution in [1.82, 2.24) is 5.32 Å². The average Bonchev–Trinajstić information content (AvgIpc) is 2.51. The summed E-state index contributed by atoms with van der Waals surface area (Å²) in [5.41, 5.74) is 0. The Morgan fingerprint density at radius 3 is 2.50 bits per heavy atom. The second-order valence-electron chi connectivity index (χ2n) is 4.31. The van der Waals surface area contributed by atoms with Crippen molar-refractivity contribution in [3.8, 4) is 0 Å². The molecule has 16 heavy (non-hydrogen) atoms. The highest BCUT2D eigenvalue weighted by molar-refractivity contribution is 4.96. The largest absolute Gasteiger partial charge is 0.391 e. The van der Waals surface area contributed by atoms with Crippen LogP contribution in [0.4, 0.5) is 0 Å². The van der Waals surface area contributed by atoms with Crippen LogP contribution in [0.5, 0.6) is 0 Å². The second kappa shape index (κ2) is 5.39. The maximum Gasteiger partial charge on any atom is 0.219 e. The number of ether oxygens (including phenoxy) is 1. The molecule has 1 heterocycles. The number of hydrogen-bond acceptors (Lipinski definition) is 6. The fourth-order valence-corrected chi connectivity index (χ4v) is 1.63. The Kier molecular flexibility index (Phi) is 4.66. The van der Waals surface area contributed by atoms with Gasteiger partial charge in [0.15, 0.2) is 0 Å². The monoisotopic (exact) mass is 235 g/mol. The van der Waals surface area contributed by atoms with E-state index >= 15 is 0 Å². The summed E-state index contributed by atoms with van der Waals surface area (Å²) in [5, 5.41) is 40.7. The molecule has 5 N–H and O–H groups in total. The molecule has 0 bridgehead atoms. The van der Waals surface area contributed by atoms with Crippen LogP contribution in [0.3, 0.4) is 0 Å². The summed E-state index contributed by atoms with van der Waals surface area (Å²) in [7, 11) is 0. The van der Waals surface area contributed by atoms with Crippen molar-refractivity contribution in [2.24, 2.45) is 0 Å². The lowest BCUT2D eigenvalue weighted by Crippen LogP contribution is -2.46. The van der Waals surface area contributed by atoms with E-state index in [0.29, 0.717) is 6.54 Å². The van der Waals surface area contributed by atoms with Crippen LogP contribution in [0.2, 0.25) is 0 Å². The topological polar surface area (TPSA) is 102 Å². The molecule has 96 valence electrons. The summed E-state index contributed by atoms with van der Waals surface area (Å²) < 4.78 is 5.06. The Hall–Kier alpha value is -0.240. The zero-order chi connectivity index (χ0) is 12.3. The quantitative estimate of drug-likeness (QED) is 0.384. The zero-order valence-corrected chi connectivity index (χ0v) is 9.63. The molecular formula is C10H21NO5. The fraction of sp³-hybridized carbons (Fsp3) is 1.00. The van der Waals surface area contributed by atoms with E-state index in [0.717, 1.165) is 6.42 Å². The normalized spacial score (nSPS) is 41.2. The van der Waals surface area contributed by atoms with Gasteiger partial charge in [0.1, 0.15) is 18.3 Å². The third-order valence-electron chi connectivity index (χ3n) is 3.03. The maximum absolute atomic E-state index is 9.62. The predicted octanol–water partition coefficient (Wildman–Crippen LogP) is -1.82. The molecule has 0 aromatic rings. The summed E-state index contributed by atoms with van der Waals surface area (Å²) in [6.07, 6.45) is -2.48. The molecule has 1 saturated heterocycles. The summed E-state index contributed by atoms with van der Waals surface area (Å²) in [6.45, 7) is 3.57. The molecule has 0 aromatic carbocycles. The van der Waals surface area contributed by atoms with E-state index in [4.69, 9.17) is 9.84 Å². The standard InChI is InChI=1S/C10H21NO5/c1-3-6(2)11-4-7-8(13)9(14)10(15,5-12)16-7/h6-9,11-15H,3-5H2,1-2H3/t6?,7-,8+,9-,10+/m0/s1. The van der Waals surface area contributed by atoms with Crippen molar-refractivity contribution in [3.05, 3.63) is 0 Å². The lowest BCUT2D eigenvalue weighted by molar-refractivity contribution is -0.245. The molecule has 0 aromatic heterocycles. The van der Waals surface area contributed by atoms with Gasteiger partial charge in [-0.3, -0.25) is 0 Å². The van der Waals surface area contributed by atoms with Gasteiger partial charge in [0.2, 0.25) is 5.79 Å². The van der Waals surface area contributed by atoms with Gasteiger partial charge in [0.05, 0.1) is 6.61 Å². The molecule has 1 fully saturated rings. The van der Waals surface area contributed by atoms with Crippen LogP contribution in [-0.2, 0) is 4.74 Å². The molecule has 1 aliphatic heterocycles. The fourth-order valence-electron chi connectivity index (χ4n) is 1.63. The molecule has 6 heteroatoms. The first-order valence-corrected chi connectivity index (χ1v) is 5.55. The highest BCUT2D eigenvalue weighted by atomic mass is 16.7. The minimum Gasteiger partial charge on any atom is -0.391 e. The highest BCUT2D eigenvalue weighted by Gasteiger charge is 2.52. The number of aliphatic hydroxyl groups is 4. The smallest absolute Gasteiger partial charge is 0.219 e. The van der Waals surface area contributed by atoms with Crippen LogP contribution in [0.1, 0.15) is 20.3 Å². The van der Waals surface area contributed by atoms with Gasteiger partial charge < -0.3 is 30.5 Å². The molecule has 0 aliphatic carbocycles. The van der Waals surface area contributed by atoms with Crippen LogP contribution in [0, 0.1) is 0 Å². The van der Waals surface area contributed by atoms with Gasteiger partial charge in [0.25, 0.3) is 0 Å². The van der Waals surface area contributed by atoms with E-state index in [1.165, 1.54) is 0 Å². The number of aliphatic hydroxyl groups excluding tert-OH is 3. The van der Waals surface area contributed by atoms with Gasteiger partial charge in [0, 0.05) is 12.6 Å². The zero-order valence-electron chi connectivity index (χ0n) is 9.63. The Bertz CT molecular complexity index is 227. The first-order chi connectivity index (χ1) is 7.44. The lowest BCUT2D eigenvalue weighted by Gasteiger charge is -2.23. The molecule has 0 spiro atoms. The minimum atomic E-state index is -2.05. The molecule has 0 saturated carbocycles. The molecular weight excluding hydrogens is 214 g/mol. The average molecular weight is 235 g/mol. The van der Waals surface area contributed by atoms with Crippen molar-refractivity contribution >= 4 is 0 Å². The Morgan fingerprint density at radius 1 is 1.44 bits per heavy atom. The van der Waals surface area contributed by atoms with E-state index in [9.17, 15) is 15.3 Å². The van der Waals surface area contributed by atoms with Gasteiger partial charge in [-0.05, 0) is 13.3 Å². The van der Waals surface area contributed by atoms with Gasteiger partial charge in [-0.25, -0.2) is 0 Å². The van der Waals surface area contributed by atoms with E-state index < -0.39 is 30.7 Å². The van der Waals surface area contributed by atoms with Crippen LogP contribution in [0.15, 0.2) is 0 Å². The molecule has 0 amide bonds. The first kappa shape index (κ1) is 13.8. The molecule has 0 radical (unpaired) electrons. The predicted molar refractivity (Wildman–Crippen MR) is 56.7 cm³/mol. The van der Waals surface area contributed by atoms with Crippen LogP contribution < -0.4 is 5.32 Å². The minimum absolute atomic E-state index is 0.260. The van der Waals surface area contributed by atoms with Crippen LogP contribution in [0.25, 0.3) is 0 Å². The molecule has 1 rings (SSSR count). The van der Waals surface area contributed by atoms with E-state index in [1.807, 2.05) is 13.8 Å². The Morgan fingerprint density at radius 2 is 2.06 bits per heavy atom. The van der Waals surface area contributed by atoms with Crippen molar-refractivity contribution in [2.75, 3.05) is 13.2 Å². The van der Waals surface area contributed by atoms with Gasteiger partial charge in [-0.15, -0.1) is 0 Å². The van der Waals surface area contributed by atoms with E-state index in [-0.39, 0.29) is 6.04 Å². The third-order valence-corrected chi connectivity index (χ3v) is 3.03. The van der Waals surface area contributed by atoms with E-state index in [2.05, 4.69) is 5.32 Å². The summed E-state index contributed by atoms with van der Waals surface area (Å²) in [5.74, 6) is -2.05. The Balaban J connectivity index is 2.51. The third kappa shape index (κ3) is 2.71.